The molecule has 4 nitrogen and oxygen atoms in total. The molecule has 1 atom stereocenters. The largest absolute Gasteiger partial charge is 0.457 e. The van der Waals surface area contributed by atoms with Crippen molar-refractivity contribution in [2.45, 2.75) is 33.3 Å². The number of halogens is 1. The van der Waals surface area contributed by atoms with E-state index >= 15 is 0 Å². The molecular formula is C23H22FNO3. The lowest BCUT2D eigenvalue weighted by atomic mass is 9.79. The number of hydrogen-bond donors (Lipinski definition) is 1. The maximum absolute atomic E-state index is 13.4. The number of nitrogens with one attached hydrogen (secondary N) is 1. The van der Waals surface area contributed by atoms with Gasteiger partial charge in [0.2, 0.25) is 0 Å². The lowest BCUT2D eigenvalue weighted by Crippen LogP contribution is -2.31. The fourth-order valence-corrected chi connectivity index (χ4v) is 3.52. The van der Waals surface area contributed by atoms with Crippen molar-refractivity contribution in [2.24, 2.45) is 0 Å². The number of allylic oxidation sites excluding steroid dienone is 3. The smallest absolute Gasteiger partial charge is 0.337 e. The number of ketones is 1. The molecule has 0 aromatic heterocycles. The summed E-state index contributed by atoms with van der Waals surface area (Å²) in [5.74, 6) is -1.64. The van der Waals surface area contributed by atoms with E-state index in [1.54, 1.807) is 26.0 Å². The van der Waals surface area contributed by atoms with E-state index < -0.39 is 11.9 Å². The highest BCUT2D eigenvalue weighted by Crippen LogP contribution is 2.39. The van der Waals surface area contributed by atoms with Crippen molar-refractivity contribution in [3.8, 4) is 0 Å². The molecule has 1 aliphatic heterocycles. The molecule has 3 rings (SSSR count). The third-order valence-corrected chi connectivity index (χ3v) is 4.78. The van der Waals surface area contributed by atoms with Crippen LogP contribution in [0.4, 0.5) is 4.39 Å². The summed E-state index contributed by atoms with van der Waals surface area (Å²) < 4.78 is 19.0. The Hall–Kier alpha value is -3.21. The van der Waals surface area contributed by atoms with Crippen LogP contribution in [-0.4, -0.2) is 11.8 Å². The Morgan fingerprint density at radius 1 is 0.964 bits per heavy atom. The van der Waals surface area contributed by atoms with Crippen LogP contribution in [0.25, 0.3) is 0 Å². The number of esters is 1. The zero-order valence-corrected chi connectivity index (χ0v) is 16.1. The van der Waals surface area contributed by atoms with E-state index in [-0.39, 0.29) is 18.2 Å². The number of benzene rings is 2. The van der Waals surface area contributed by atoms with Gasteiger partial charge in [-0.15, -0.1) is 0 Å². The van der Waals surface area contributed by atoms with Gasteiger partial charge in [0, 0.05) is 22.9 Å². The highest BCUT2D eigenvalue weighted by molar-refractivity contribution is 6.02. The summed E-state index contributed by atoms with van der Waals surface area (Å²) in [5.41, 5.74) is 3.67. The molecule has 28 heavy (non-hydrogen) atoms. The first kappa shape index (κ1) is 19.5. The van der Waals surface area contributed by atoms with Crippen LogP contribution in [-0.2, 0) is 20.9 Å². The van der Waals surface area contributed by atoms with Crippen LogP contribution in [0.3, 0.4) is 0 Å². The van der Waals surface area contributed by atoms with Gasteiger partial charge in [-0.05, 0) is 44.0 Å². The maximum Gasteiger partial charge on any atom is 0.337 e. The van der Waals surface area contributed by atoms with Gasteiger partial charge >= 0.3 is 5.97 Å². The molecule has 2 aromatic rings. The van der Waals surface area contributed by atoms with E-state index in [1.165, 1.54) is 19.1 Å². The predicted octanol–water partition coefficient (Wildman–Crippen LogP) is 4.39. The molecule has 0 saturated heterocycles. The van der Waals surface area contributed by atoms with E-state index in [0.29, 0.717) is 28.1 Å². The van der Waals surface area contributed by atoms with Crippen LogP contribution in [0, 0.1) is 5.82 Å². The monoisotopic (exact) mass is 379 g/mol. The number of carbonyl (C=O) groups excluding carboxylic acids is 2. The minimum Gasteiger partial charge on any atom is -0.457 e. The highest BCUT2D eigenvalue weighted by Gasteiger charge is 2.35. The van der Waals surface area contributed by atoms with E-state index in [2.05, 4.69) is 5.32 Å². The fraction of sp³-hybridized carbons (Fsp3) is 0.217. The number of rotatable bonds is 5. The van der Waals surface area contributed by atoms with Crippen LogP contribution in [0.2, 0.25) is 0 Å². The Morgan fingerprint density at radius 2 is 1.57 bits per heavy atom. The standard InChI is InChI=1S/C23H22FNO3/c1-14-20(16(3)26)22(18-9-11-19(24)12-10-18)21(15(2)25-14)23(27)28-13-17-7-5-4-6-8-17/h4-12,22,25H,13H2,1-3H3. The molecule has 0 spiro atoms. The fourth-order valence-electron chi connectivity index (χ4n) is 3.52. The second-order valence-corrected chi connectivity index (χ2v) is 6.80. The third kappa shape index (κ3) is 4.03. The number of dihydropyridines is 1. The Morgan fingerprint density at radius 3 is 2.18 bits per heavy atom. The summed E-state index contributed by atoms with van der Waals surface area (Å²) in [4.78, 5) is 25.3. The lowest BCUT2D eigenvalue weighted by molar-refractivity contribution is -0.140. The second-order valence-electron chi connectivity index (χ2n) is 6.80. The molecule has 5 heteroatoms. The SMILES string of the molecule is CC(=O)C1=C(C)NC(C)=C(C(=O)OCc2ccccc2)C1c1ccc(F)cc1. The number of Topliss-reactive ketones (excluding diaryl/α,β-unsaturated/α-hetero) is 1. The average Bonchev–Trinajstić information content (AvgIpc) is 2.66. The van der Waals surface area contributed by atoms with Crippen LogP contribution in [0.15, 0.2) is 77.1 Å². The van der Waals surface area contributed by atoms with E-state index in [1.807, 2.05) is 30.3 Å². The van der Waals surface area contributed by atoms with Gasteiger partial charge in [0.1, 0.15) is 12.4 Å². The van der Waals surface area contributed by atoms with Crippen molar-refractivity contribution in [1.82, 2.24) is 5.32 Å². The summed E-state index contributed by atoms with van der Waals surface area (Å²) in [6, 6.07) is 15.2. The molecule has 1 aliphatic rings. The van der Waals surface area contributed by atoms with Crippen molar-refractivity contribution < 1.29 is 18.7 Å². The van der Waals surface area contributed by atoms with Gasteiger partial charge in [0.25, 0.3) is 0 Å². The van der Waals surface area contributed by atoms with Crippen LogP contribution in [0.5, 0.6) is 0 Å². The van der Waals surface area contributed by atoms with Gasteiger partial charge in [0.05, 0.1) is 5.57 Å². The Kier molecular flexibility index (Phi) is 5.73. The Balaban J connectivity index is 1.98. The molecule has 0 bridgehead atoms. The molecule has 0 fully saturated rings. The summed E-state index contributed by atoms with van der Waals surface area (Å²) in [5, 5.41) is 3.11. The summed E-state index contributed by atoms with van der Waals surface area (Å²) in [6.07, 6.45) is 0. The van der Waals surface area contributed by atoms with Crippen molar-refractivity contribution in [1.29, 1.82) is 0 Å². The molecule has 144 valence electrons. The first-order chi connectivity index (χ1) is 13.4. The van der Waals surface area contributed by atoms with Gasteiger partial charge in [0.15, 0.2) is 5.78 Å². The topological polar surface area (TPSA) is 55.4 Å². The van der Waals surface area contributed by atoms with Gasteiger partial charge < -0.3 is 10.1 Å². The average molecular weight is 379 g/mol. The molecular weight excluding hydrogens is 357 g/mol. The summed E-state index contributed by atoms with van der Waals surface area (Å²) >= 11 is 0. The number of carbonyl (C=O) groups is 2. The first-order valence-corrected chi connectivity index (χ1v) is 9.04. The molecule has 1 N–H and O–H groups in total. The third-order valence-electron chi connectivity index (χ3n) is 4.78. The minimum absolute atomic E-state index is 0.130. The normalized spacial score (nSPS) is 16.6. The summed E-state index contributed by atoms with van der Waals surface area (Å²) in [6.45, 7) is 5.16. The van der Waals surface area contributed by atoms with Crippen molar-refractivity contribution >= 4 is 11.8 Å². The second kappa shape index (κ2) is 8.21. The maximum atomic E-state index is 13.4. The van der Waals surface area contributed by atoms with E-state index in [0.717, 1.165) is 5.56 Å². The Labute approximate surface area is 163 Å². The van der Waals surface area contributed by atoms with E-state index in [4.69, 9.17) is 4.74 Å². The van der Waals surface area contributed by atoms with Crippen molar-refractivity contribution in [3.63, 3.8) is 0 Å². The molecule has 0 saturated carbocycles. The quantitative estimate of drug-likeness (QED) is 0.783. The molecule has 1 unspecified atom stereocenters. The van der Waals surface area contributed by atoms with Crippen LogP contribution in [0.1, 0.15) is 37.8 Å². The van der Waals surface area contributed by atoms with Crippen LogP contribution >= 0.6 is 0 Å². The Bertz CT molecular complexity index is 959. The van der Waals surface area contributed by atoms with Gasteiger partial charge in [-0.25, -0.2) is 9.18 Å². The van der Waals surface area contributed by atoms with Crippen LogP contribution < -0.4 is 5.32 Å². The number of ether oxygens (including phenoxy) is 1. The highest BCUT2D eigenvalue weighted by atomic mass is 19.1. The molecule has 0 aliphatic carbocycles. The van der Waals surface area contributed by atoms with Gasteiger partial charge in [-0.2, -0.15) is 0 Å². The van der Waals surface area contributed by atoms with Crippen molar-refractivity contribution in [2.75, 3.05) is 0 Å². The van der Waals surface area contributed by atoms with Gasteiger partial charge in [-0.1, -0.05) is 42.5 Å². The van der Waals surface area contributed by atoms with E-state index in [9.17, 15) is 14.0 Å². The number of hydrogen-bond acceptors (Lipinski definition) is 4. The molecule has 0 radical (unpaired) electrons. The molecule has 2 aromatic carbocycles. The first-order valence-electron chi connectivity index (χ1n) is 9.04. The lowest BCUT2D eigenvalue weighted by Gasteiger charge is -2.30. The molecule has 1 heterocycles. The zero-order chi connectivity index (χ0) is 20.3. The summed E-state index contributed by atoms with van der Waals surface area (Å²) in [7, 11) is 0. The predicted molar refractivity (Wildman–Crippen MR) is 105 cm³/mol. The molecule has 0 amide bonds. The minimum atomic E-state index is -0.609. The zero-order valence-electron chi connectivity index (χ0n) is 16.1. The van der Waals surface area contributed by atoms with Crippen molar-refractivity contribution in [3.05, 3.63) is 94.1 Å². The van der Waals surface area contributed by atoms with Gasteiger partial charge in [-0.3, -0.25) is 4.79 Å².